The van der Waals surface area contributed by atoms with E-state index in [1.807, 2.05) is 25.1 Å². The van der Waals surface area contributed by atoms with Gasteiger partial charge in [0.1, 0.15) is 11.9 Å². The minimum Gasteiger partial charge on any atom is -0.488 e. The summed E-state index contributed by atoms with van der Waals surface area (Å²) in [5.74, 6) is 0.676. The monoisotopic (exact) mass is 304 g/mol. The third kappa shape index (κ3) is 4.23. The number of benzene rings is 2. The number of aryl methyl sites for hydroxylation is 2. The molecule has 2 nitrogen and oxygen atoms in total. The van der Waals surface area contributed by atoms with E-state index in [2.05, 4.69) is 26.0 Å². The molecule has 0 heterocycles. The van der Waals surface area contributed by atoms with Crippen molar-refractivity contribution in [2.45, 2.75) is 39.4 Å². The van der Waals surface area contributed by atoms with E-state index in [4.69, 9.17) is 16.3 Å². The molecule has 21 heavy (non-hydrogen) atoms. The van der Waals surface area contributed by atoms with E-state index >= 15 is 0 Å². The van der Waals surface area contributed by atoms with Crippen LogP contribution in [0.4, 0.5) is 0 Å². The van der Waals surface area contributed by atoms with Gasteiger partial charge in [0.05, 0.1) is 6.10 Å². The molecule has 0 radical (unpaired) electrons. The Bertz CT molecular complexity index is 590. The van der Waals surface area contributed by atoms with Crippen molar-refractivity contribution in [1.82, 2.24) is 0 Å². The topological polar surface area (TPSA) is 29.5 Å². The van der Waals surface area contributed by atoms with Gasteiger partial charge in [-0.2, -0.15) is 0 Å². The van der Waals surface area contributed by atoms with Crippen molar-refractivity contribution in [2.24, 2.45) is 0 Å². The minimum atomic E-state index is -0.566. The molecule has 2 rings (SSSR count). The molecule has 2 atom stereocenters. The summed E-state index contributed by atoms with van der Waals surface area (Å²) in [6.07, 6.45) is -0.286. The van der Waals surface area contributed by atoms with Gasteiger partial charge in [0.15, 0.2) is 0 Å². The van der Waals surface area contributed by atoms with Gasteiger partial charge < -0.3 is 9.84 Å². The molecule has 0 aliphatic rings. The molecule has 0 saturated heterocycles. The van der Waals surface area contributed by atoms with Gasteiger partial charge in [0.25, 0.3) is 0 Å². The Morgan fingerprint density at radius 1 is 1.10 bits per heavy atom. The summed E-state index contributed by atoms with van der Waals surface area (Å²) in [5.41, 5.74) is 3.58. The second kappa shape index (κ2) is 6.97. The Kier molecular flexibility index (Phi) is 5.27. The molecule has 2 unspecified atom stereocenters. The predicted molar refractivity (Wildman–Crippen MR) is 87.2 cm³/mol. The molecule has 1 N–H and O–H groups in total. The minimum absolute atomic E-state index is 0.303. The van der Waals surface area contributed by atoms with Crippen LogP contribution in [0.1, 0.15) is 23.6 Å². The van der Waals surface area contributed by atoms with Crippen molar-refractivity contribution in [3.63, 3.8) is 0 Å². The molecular weight excluding hydrogens is 284 g/mol. The number of aliphatic hydroxyl groups is 1. The summed E-state index contributed by atoms with van der Waals surface area (Å²) in [4.78, 5) is 0. The molecule has 2 aromatic carbocycles. The highest BCUT2D eigenvalue weighted by atomic mass is 35.5. The number of hydrogen-bond acceptors (Lipinski definition) is 2. The second-order valence-corrected chi connectivity index (χ2v) is 5.86. The fourth-order valence-electron chi connectivity index (χ4n) is 2.38. The van der Waals surface area contributed by atoms with E-state index in [1.54, 1.807) is 12.1 Å². The van der Waals surface area contributed by atoms with Crippen LogP contribution in [-0.4, -0.2) is 17.3 Å². The van der Waals surface area contributed by atoms with Crippen molar-refractivity contribution < 1.29 is 9.84 Å². The summed E-state index contributed by atoms with van der Waals surface area (Å²) >= 11 is 5.94. The highest BCUT2D eigenvalue weighted by molar-refractivity contribution is 6.30. The SMILES string of the molecule is Cc1cccc(C)c1CC(O)C(C)Oc1cccc(Cl)c1. The van der Waals surface area contributed by atoms with Crippen molar-refractivity contribution in [1.29, 1.82) is 0 Å². The molecule has 2 aromatic rings. The quantitative estimate of drug-likeness (QED) is 0.891. The summed E-state index contributed by atoms with van der Waals surface area (Å²) in [7, 11) is 0. The van der Waals surface area contributed by atoms with E-state index < -0.39 is 6.10 Å². The zero-order valence-electron chi connectivity index (χ0n) is 12.6. The lowest BCUT2D eigenvalue weighted by Gasteiger charge is -2.22. The lowest BCUT2D eigenvalue weighted by molar-refractivity contribution is 0.0477. The Morgan fingerprint density at radius 3 is 2.33 bits per heavy atom. The van der Waals surface area contributed by atoms with Gasteiger partial charge in [-0.3, -0.25) is 0 Å². The van der Waals surface area contributed by atoms with Crippen LogP contribution in [0.15, 0.2) is 42.5 Å². The average molecular weight is 305 g/mol. The third-order valence-corrected chi connectivity index (χ3v) is 3.95. The Labute approximate surface area is 131 Å². The maximum Gasteiger partial charge on any atom is 0.122 e. The van der Waals surface area contributed by atoms with Gasteiger partial charge in [-0.05, 0) is 55.7 Å². The Morgan fingerprint density at radius 2 is 1.71 bits per heavy atom. The number of hydrogen-bond donors (Lipinski definition) is 1. The van der Waals surface area contributed by atoms with Crippen LogP contribution in [0.3, 0.4) is 0 Å². The van der Waals surface area contributed by atoms with Crippen LogP contribution in [0.5, 0.6) is 5.75 Å². The summed E-state index contributed by atoms with van der Waals surface area (Å²) in [6, 6.07) is 13.4. The number of halogens is 1. The first-order chi connectivity index (χ1) is 9.97. The second-order valence-electron chi connectivity index (χ2n) is 5.42. The average Bonchev–Trinajstić information content (AvgIpc) is 2.43. The van der Waals surface area contributed by atoms with Crippen LogP contribution < -0.4 is 4.74 Å². The van der Waals surface area contributed by atoms with E-state index in [0.29, 0.717) is 17.2 Å². The van der Waals surface area contributed by atoms with Crippen LogP contribution in [0.25, 0.3) is 0 Å². The fourth-order valence-corrected chi connectivity index (χ4v) is 2.56. The van der Waals surface area contributed by atoms with Gasteiger partial charge in [-0.25, -0.2) is 0 Å². The van der Waals surface area contributed by atoms with Crippen molar-refractivity contribution in [3.8, 4) is 5.75 Å². The molecule has 0 aliphatic carbocycles. The first-order valence-corrected chi connectivity index (χ1v) is 7.50. The molecule has 0 bridgehead atoms. The van der Waals surface area contributed by atoms with E-state index in [1.165, 1.54) is 16.7 Å². The van der Waals surface area contributed by atoms with Crippen LogP contribution in [-0.2, 0) is 6.42 Å². The van der Waals surface area contributed by atoms with E-state index in [0.717, 1.165) is 0 Å². The van der Waals surface area contributed by atoms with Gasteiger partial charge >= 0.3 is 0 Å². The Balaban J connectivity index is 2.04. The highest BCUT2D eigenvalue weighted by Crippen LogP contribution is 2.21. The normalized spacial score (nSPS) is 13.8. The maximum absolute atomic E-state index is 10.4. The Hall–Kier alpha value is -1.51. The molecule has 0 spiro atoms. The van der Waals surface area contributed by atoms with Gasteiger partial charge in [-0.1, -0.05) is 35.9 Å². The molecule has 0 aliphatic heterocycles. The van der Waals surface area contributed by atoms with Crippen molar-refractivity contribution in [3.05, 3.63) is 64.2 Å². The van der Waals surface area contributed by atoms with Crippen molar-refractivity contribution in [2.75, 3.05) is 0 Å². The van der Waals surface area contributed by atoms with Crippen LogP contribution in [0, 0.1) is 13.8 Å². The molecule has 0 amide bonds. The zero-order valence-corrected chi connectivity index (χ0v) is 13.4. The first kappa shape index (κ1) is 15.9. The standard InChI is InChI=1S/C18H21ClO2/c1-12-6-4-7-13(2)17(12)11-18(20)14(3)21-16-9-5-8-15(19)10-16/h4-10,14,18,20H,11H2,1-3H3. The first-order valence-electron chi connectivity index (χ1n) is 7.12. The molecule has 0 fully saturated rings. The summed E-state index contributed by atoms with van der Waals surface area (Å²) in [5, 5.41) is 11.0. The van der Waals surface area contributed by atoms with Gasteiger partial charge in [-0.15, -0.1) is 0 Å². The maximum atomic E-state index is 10.4. The lowest BCUT2D eigenvalue weighted by Crippen LogP contribution is -2.31. The number of aliphatic hydroxyl groups excluding tert-OH is 1. The van der Waals surface area contributed by atoms with E-state index in [9.17, 15) is 5.11 Å². The van der Waals surface area contributed by atoms with Crippen LogP contribution >= 0.6 is 11.6 Å². The molecule has 0 aromatic heterocycles. The lowest BCUT2D eigenvalue weighted by atomic mass is 9.96. The largest absolute Gasteiger partial charge is 0.488 e. The van der Waals surface area contributed by atoms with Gasteiger partial charge in [0, 0.05) is 11.4 Å². The number of rotatable bonds is 5. The summed E-state index contributed by atoms with van der Waals surface area (Å²) in [6.45, 7) is 6.01. The number of ether oxygens (including phenoxy) is 1. The summed E-state index contributed by atoms with van der Waals surface area (Å²) < 4.78 is 5.77. The van der Waals surface area contributed by atoms with Gasteiger partial charge in [0.2, 0.25) is 0 Å². The predicted octanol–water partition coefficient (Wildman–Crippen LogP) is 4.33. The fraction of sp³-hybridized carbons (Fsp3) is 0.333. The molecule has 3 heteroatoms. The molecular formula is C18H21ClO2. The third-order valence-electron chi connectivity index (χ3n) is 3.72. The molecule has 112 valence electrons. The van der Waals surface area contributed by atoms with E-state index in [-0.39, 0.29) is 6.10 Å². The zero-order chi connectivity index (χ0) is 15.4. The van der Waals surface area contributed by atoms with Crippen molar-refractivity contribution >= 4 is 11.6 Å². The highest BCUT2D eigenvalue weighted by Gasteiger charge is 2.18. The molecule has 0 saturated carbocycles. The van der Waals surface area contributed by atoms with Crippen LogP contribution in [0.2, 0.25) is 5.02 Å². The smallest absolute Gasteiger partial charge is 0.122 e.